The van der Waals surface area contributed by atoms with E-state index >= 15 is 13.2 Å². The van der Waals surface area contributed by atoms with Crippen LogP contribution in [0.2, 0.25) is 0 Å². The normalized spacial score (nSPS) is 11.8. The lowest BCUT2D eigenvalue weighted by Crippen LogP contribution is -2.09. The van der Waals surface area contributed by atoms with E-state index in [0.29, 0.717) is 11.4 Å². The lowest BCUT2D eigenvalue weighted by atomic mass is 9.94. The molecule has 0 unspecified atom stereocenters. The summed E-state index contributed by atoms with van der Waals surface area (Å²) in [7, 11) is 0. The van der Waals surface area contributed by atoms with Crippen molar-refractivity contribution >= 4 is 43.6 Å². The van der Waals surface area contributed by atoms with Gasteiger partial charge in [0, 0.05) is 21.5 Å². The number of hydrogen-bond donors (Lipinski definition) is 0. The number of nitriles is 2. The van der Waals surface area contributed by atoms with E-state index in [9.17, 15) is 10.5 Å². The van der Waals surface area contributed by atoms with Crippen LogP contribution in [0.25, 0.3) is 88.4 Å². The molecule has 0 bridgehead atoms. The van der Waals surface area contributed by atoms with Gasteiger partial charge in [0.2, 0.25) is 0 Å². The smallest absolute Gasteiger partial charge is 0.308 e. The molecule has 0 saturated carbocycles. The number of alkyl halides is 3. The summed E-state index contributed by atoms with van der Waals surface area (Å²) in [6.07, 6.45) is -4.77. The average molecular weight is 811 g/mol. The molecule has 0 saturated heterocycles. The summed E-state index contributed by atoms with van der Waals surface area (Å²) in [5.74, 6) is 0. The van der Waals surface area contributed by atoms with Gasteiger partial charge in [-0.3, -0.25) is 0 Å². The Labute approximate surface area is 356 Å². The number of nitrogens with zero attached hydrogens (tertiary/aromatic N) is 4. The first kappa shape index (κ1) is 38.3. The zero-order valence-corrected chi connectivity index (χ0v) is 34.4. The molecule has 10 rings (SSSR count). The number of aryl methyl sites for hydroxylation is 4. The monoisotopic (exact) mass is 810 g/mol. The topological polar surface area (TPSA) is 57.4 Å². The molecule has 0 amide bonds. The fraction of sp³-hybridized carbons (Fsp3) is 0.0909. The number of aromatic nitrogens is 2. The van der Waals surface area contributed by atoms with Gasteiger partial charge in [0.05, 0.1) is 50.6 Å². The van der Waals surface area contributed by atoms with Crippen LogP contribution in [0, 0.1) is 50.4 Å². The van der Waals surface area contributed by atoms with Crippen LogP contribution in [-0.2, 0) is 6.18 Å². The number of halogens is 3. The van der Waals surface area contributed by atoms with Gasteiger partial charge in [-0.2, -0.15) is 23.7 Å². The first-order valence-corrected chi connectivity index (χ1v) is 20.3. The number of hydrogen-bond acceptors (Lipinski definition) is 2. The number of para-hydroxylation sites is 2. The third-order valence-corrected chi connectivity index (χ3v) is 11.9. The number of benzene rings is 8. The fourth-order valence-electron chi connectivity index (χ4n) is 9.44. The molecule has 4 nitrogen and oxygen atoms in total. The van der Waals surface area contributed by atoms with Crippen molar-refractivity contribution in [1.82, 2.24) is 9.13 Å². The van der Waals surface area contributed by atoms with E-state index in [4.69, 9.17) is 0 Å². The Morgan fingerprint density at radius 2 is 0.871 bits per heavy atom. The molecule has 298 valence electrons. The van der Waals surface area contributed by atoms with Crippen molar-refractivity contribution in [1.29, 1.82) is 10.5 Å². The molecule has 0 spiro atoms. The predicted molar refractivity (Wildman–Crippen MR) is 245 cm³/mol. The van der Waals surface area contributed by atoms with Crippen molar-refractivity contribution < 1.29 is 13.2 Å². The van der Waals surface area contributed by atoms with Crippen LogP contribution in [0.5, 0.6) is 0 Å². The highest BCUT2D eigenvalue weighted by molar-refractivity contribution is 6.12. The Morgan fingerprint density at radius 3 is 1.31 bits per heavy atom. The molecule has 0 radical (unpaired) electrons. The Kier molecular flexibility index (Phi) is 8.91. The van der Waals surface area contributed by atoms with E-state index in [1.54, 1.807) is 12.1 Å². The first-order valence-electron chi connectivity index (χ1n) is 20.3. The van der Waals surface area contributed by atoms with Crippen molar-refractivity contribution in [3.63, 3.8) is 0 Å². The minimum atomic E-state index is -4.77. The summed E-state index contributed by atoms with van der Waals surface area (Å²) >= 11 is 0. The van der Waals surface area contributed by atoms with Crippen LogP contribution in [-0.4, -0.2) is 9.13 Å². The van der Waals surface area contributed by atoms with Gasteiger partial charge >= 0.3 is 6.18 Å². The highest BCUT2D eigenvalue weighted by Crippen LogP contribution is 2.44. The van der Waals surface area contributed by atoms with Crippen LogP contribution in [0.1, 0.15) is 38.9 Å². The molecule has 2 heterocycles. The molecular weight excluding hydrogens is 774 g/mol. The molecule has 8 aromatic carbocycles. The standard InChI is InChI=1S/C55H37F3N4/c1-32-19-33(2)22-39(21-32)37-14-17-51-45(26-37)43-9-5-7-11-49(43)61(51)53-28-41(42-16-13-36(30-59)25-48(42)55(56,57)58)29-54(47(53)31-60)62-50-12-8-6-10-44(50)46-27-38(15-18-52(46)62)40-23-34(3)20-35(4)24-40/h5-29H,1-4H3. The summed E-state index contributed by atoms with van der Waals surface area (Å²) in [6.45, 7) is 8.31. The van der Waals surface area contributed by atoms with Gasteiger partial charge in [-0.15, -0.1) is 0 Å². The quantitative estimate of drug-likeness (QED) is 0.174. The van der Waals surface area contributed by atoms with Gasteiger partial charge in [-0.1, -0.05) is 113 Å². The summed E-state index contributed by atoms with van der Waals surface area (Å²) < 4.78 is 49.2. The molecule has 10 aromatic rings. The highest BCUT2D eigenvalue weighted by atomic mass is 19.4. The summed E-state index contributed by atoms with van der Waals surface area (Å²) in [6, 6.07) is 52.7. The third kappa shape index (κ3) is 6.30. The van der Waals surface area contributed by atoms with Gasteiger partial charge in [0.1, 0.15) is 11.6 Å². The number of rotatable bonds is 5. The lowest BCUT2D eigenvalue weighted by Gasteiger charge is -2.20. The minimum Gasteiger partial charge on any atom is -0.308 e. The Bertz CT molecular complexity index is 3360. The van der Waals surface area contributed by atoms with E-state index < -0.39 is 11.7 Å². The molecule has 0 N–H and O–H groups in total. The van der Waals surface area contributed by atoms with Gasteiger partial charge in [0.25, 0.3) is 0 Å². The van der Waals surface area contributed by atoms with Gasteiger partial charge in [0.15, 0.2) is 0 Å². The van der Waals surface area contributed by atoms with Crippen molar-refractivity contribution in [3.05, 3.63) is 191 Å². The van der Waals surface area contributed by atoms with Crippen LogP contribution in [0.15, 0.2) is 152 Å². The van der Waals surface area contributed by atoms with E-state index in [0.717, 1.165) is 94.2 Å². The first-order chi connectivity index (χ1) is 29.9. The molecule has 0 aliphatic carbocycles. The van der Waals surface area contributed by atoms with E-state index in [-0.39, 0.29) is 22.3 Å². The third-order valence-electron chi connectivity index (χ3n) is 11.9. The molecular formula is C55H37F3N4. The van der Waals surface area contributed by atoms with Crippen molar-refractivity contribution in [3.8, 4) is 56.9 Å². The van der Waals surface area contributed by atoms with Crippen molar-refractivity contribution in [2.45, 2.75) is 33.9 Å². The Balaban J connectivity index is 1.32. The second-order valence-electron chi connectivity index (χ2n) is 16.3. The molecule has 0 fully saturated rings. The maximum atomic E-state index is 15.1. The molecule has 62 heavy (non-hydrogen) atoms. The molecule has 0 aliphatic heterocycles. The second kappa shape index (κ2) is 14.4. The fourth-order valence-corrected chi connectivity index (χ4v) is 9.44. The van der Waals surface area contributed by atoms with Crippen LogP contribution in [0.4, 0.5) is 13.2 Å². The zero-order valence-electron chi connectivity index (χ0n) is 34.4. The van der Waals surface area contributed by atoms with Crippen molar-refractivity contribution in [2.24, 2.45) is 0 Å². The van der Waals surface area contributed by atoms with Gasteiger partial charge in [-0.25, -0.2) is 0 Å². The maximum Gasteiger partial charge on any atom is 0.417 e. The van der Waals surface area contributed by atoms with Crippen LogP contribution >= 0.6 is 0 Å². The highest BCUT2D eigenvalue weighted by Gasteiger charge is 2.35. The van der Waals surface area contributed by atoms with E-state index in [1.807, 2.05) is 75.9 Å². The van der Waals surface area contributed by atoms with Crippen LogP contribution < -0.4 is 0 Å². The lowest BCUT2D eigenvalue weighted by molar-refractivity contribution is -0.137. The number of fused-ring (bicyclic) bond motifs is 6. The molecule has 7 heteroatoms. The Morgan fingerprint density at radius 1 is 0.419 bits per heavy atom. The predicted octanol–water partition coefficient (Wildman–Crippen LogP) is 14.9. The van der Waals surface area contributed by atoms with E-state index in [1.165, 1.54) is 12.1 Å². The Hall–Kier alpha value is -7.87. The minimum absolute atomic E-state index is 0.0979. The maximum absolute atomic E-state index is 15.1. The molecule has 0 aliphatic rings. The SMILES string of the molecule is Cc1cc(C)cc(-c2ccc3c(c2)c2ccccc2n3-c2cc(-c3ccc(C#N)cc3C(F)(F)F)cc(-n3c4ccccc4c4cc(-c5cc(C)cc(C)c5)ccc43)c2C#N)c1. The van der Waals surface area contributed by atoms with Crippen molar-refractivity contribution in [2.75, 3.05) is 0 Å². The summed E-state index contributed by atoms with van der Waals surface area (Å²) in [5.41, 5.74) is 12.3. The summed E-state index contributed by atoms with van der Waals surface area (Å²) in [5, 5.41) is 24.8. The molecule has 0 atom stereocenters. The summed E-state index contributed by atoms with van der Waals surface area (Å²) in [4.78, 5) is 0. The van der Waals surface area contributed by atoms with Gasteiger partial charge in [-0.05, 0) is 122 Å². The van der Waals surface area contributed by atoms with Gasteiger partial charge < -0.3 is 9.13 Å². The average Bonchev–Trinajstić information content (AvgIpc) is 3.77. The van der Waals surface area contributed by atoms with Crippen LogP contribution in [0.3, 0.4) is 0 Å². The second-order valence-corrected chi connectivity index (χ2v) is 16.3. The zero-order chi connectivity index (χ0) is 43.0. The largest absolute Gasteiger partial charge is 0.417 e. The van der Waals surface area contributed by atoms with E-state index in [2.05, 4.69) is 94.4 Å². The molecule has 2 aromatic heterocycles.